The highest BCUT2D eigenvalue weighted by atomic mass is 35.5. The Morgan fingerprint density at radius 1 is 1.13 bits per heavy atom. The van der Waals surface area contributed by atoms with E-state index in [0.29, 0.717) is 34.3 Å². The number of H-pyrrole nitrogens is 1. The second kappa shape index (κ2) is 7.29. The number of hydrogen-bond acceptors (Lipinski definition) is 4. The number of halogens is 1. The van der Waals surface area contributed by atoms with Gasteiger partial charge < -0.3 is 10.2 Å². The van der Waals surface area contributed by atoms with E-state index in [4.69, 9.17) is 11.6 Å². The molecule has 2 saturated heterocycles. The first-order valence-corrected chi connectivity index (χ1v) is 10.9. The molecule has 2 atom stereocenters. The summed E-state index contributed by atoms with van der Waals surface area (Å²) in [5, 5.41) is 4.73. The van der Waals surface area contributed by atoms with Crippen molar-refractivity contribution in [3.63, 3.8) is 0 Å². The SMILES string of the molecule is CCn1c(=O)[nH]c(=O)c2c(N3C[C@H]4CNC[C@H]4C3)c(-c3cccc(Cl)c3)c(C)cc21. The summed E-state index contributed by atoms with van der Waals surface area (Å²) < 4.78 is 1.65. The topological polar surface area (TPSA) is 70.1 Å². The first-order valence-electron chi connectivity index (χ1n) is 10.5. The van der Waals surface area contributed by atoms with Crippen molar-refractivity contribution in [3.05, 3.63) is 61.8 Å². The molecule has 2 fully saturated rings. The molecule has 3 aromatic rings. The quantitative estimate of drug-likeness (QED) is 0.678. The summed E-state index contributed by atoms with van der Waals surface area (Å²) in [5.74, 6) is 1.15. The van der Waals surface area contributed by atoms with E-state index in [2.05, 4.69) is 15.2 Å². The molecular weight excluding hydrogens is 400 g/mol. The standard InChI is InChI=1S/C23H25ClN4O2/c1-3-28-18-7-13(2)19(14-5-4-6-17(24)8-14)21(20(18)22(29)26-23(28)30)27-11-15-9-25-10-16(15)12-27/h4-8,15-16,25H,3,9-12H2,1-2H3,(H,26,29,30)/t15-,16+. The van der Waals surface area contributed by atoms with Crippen LogP contribution in [0.1, 0.15) is 12.5 Å². The molecule has 2 aliphatic rings. The van der Waals surface area contributed by atoms with Crippen LogP contribution in [0.5, 0.6) is 0 Å². The summed E-state index contributed by atoms with van der Waals surface area (Å²) >= 11 is 6.32. The molecule has 6 nitrogen and oxygen atoms in total. The number of aromatic amines is 1. The van der Waals surface area contributed by atoms with E-state index in [1.54, 1.807) is 4.57 Å². The molecule has 2 N–H and O–H groups in total. The molecule has 0 radical (unpaired) electrons. The normalized spacial score (nSPS) is 20.8. The third-order valence-corrected chi connectivity index (χ3v) is 6.83. The summed E-state index contributed by atoms with van der Waals surface area (Å²) in [6.45, 7) is 8.27. The maximum Gasteiger partial charge on any atom is 0.328 e. The van der Waals surface area contributed by atoms with Crippen LogP contribution in [0.15, 0.2) is 39.9 Å². The smallest absolute Gasteiger partial charge is 0.328 e. The fourth-order valence-electron chi connectivity index (χ4n) is 5.23. The van der Waals surface area contributed by atoms with Gasteiger partial charge in [-0.3, -0.25) is 14.3 Å². The first kappa shape index (κ1) is 19.4. The number of nitrogens with zero attached hydrogens (tertiary/aromatic N) is 2. The molecule has 2 aromatic carbocycles. The van der Waals surface area contributed by atoms with Gasteiger partial charge in [0.1, 0.15) is 0 Å². The van der Waals surface area contributed by atoms with Crippen molar-refractivity contribution < 1.29 is 0 Å². The third-order valence-electron chi connectivity index (χ3n) is 6.60. The molecule has 0 amide bonds. The number of benzene rings is 2. The van der Waals surface area contributed by atoms with Gasteiger partial charge in [-0.05, 0) is 55.0 Å². The summed E-state index contributed by atoms with van der Waals surface area (Å²) in [6.07, 6.45) is 0. The maximum atomic E-state index is 13.1. The average Bonchev–Trinajstić information content (AvgIpc) is 3.29. The zero-order chi connectivity index (χ0) is 21.0. The molecule has 30 heavy (non-hydrogen) atoms. The number of fused-ring (bicyclic) bond motifs is 2. The molecule has 0 saturated carbocycles. The van der Waals surface area contributed by atoms with Crippen LogP contribution < -0.4 is 21.5 Å². The van der Waals surface area contributed by atoms with Crippen LogP contribution in [-0.2, 0) is 6.54 Å². The molecule has 0 unspecified atom stereocenters. The third kappa shape index (κ3) is 2.97. The van der Waals surface area contributed by atoms with Gasteiger partial charge in [-0.15, -0.1) is 0 Å². The van der Waals surface area contributed by atoms with Crippen molar-refractivity contribution in [2.45, 2.75) is 20.4 Å². The lowest BCUT2D eigenvalue weighted by Gasteiger charge is -2.27. The lowest BCUT2D eigenvalue weighted by Crippen LogP contribution is -2.33. The zero-order valence-electron chi connectivity index (χ0n) is 17.2. The van der Waals surface area contributed by atoms with Gasteiger partial charge in [0.25, 0.3) is 5.56 Å². The fraction of sp³-hybridized carbons (Fsp3) is 0.391. The molecule has 0 aliphatic carbocycles. The summed E-state index contributed by atoms with van der Waals surface area (Å²) in [4.78, 5) is 30.5. The monoisotopic (exact) mass is 424 g/mol. The average molecular weight is 425 g/mol. The van der Waals surface area contributed by atoms with Gasteiger partial charge in [0, 0.05) is 43.3 Å². The Balaban J connectivity index is 1.86. The molecule has 156 valence electrons. The number of rotatable bonds is 3. The number of anilines is 1. The number of hydrogen-bond donors (Lipinski definition) is 2. The van der Waals surface area contributed by atoms with Crippen LogP contribution in [0.3, 0.4) is 0 Å². The Hall–Kier alpha value is -2.57. The van der Waals surface area contributed by atoms with Gasteiger partial charge >= 0.3 is 5.69 Å². The van der Waals surface area contributed by atoms with Crippen molar-refractivity contribution in [2.24, 2.45) is 11.8 Å². The Bertz CT molecular complexity index is 1250. The van der Waals surface area contributed by atoms with Crippen LogP contribution in [0, 0.1) is 18.8 Å². The van der Waals surface area contributed by atoms with Crippen molar-refractivity contribution in [2.75, 3.05) is 31.1 Å². The predicted molar refractivity (Wildman–Crippen MR) is 122 cm³/mol. The number of nitrogens with one attached hydrogen (secondary N) is 2. The highest BCUT2D eigenvalue weighted by Crippen LogP contribution is 2.42. The zero-order valence-corrected chi connectivity index (χ0v) is 17.9. The summed E-state index contributed by atoms with van der Waals surface area (Å²) in [7, 11) is 0. The van der Waals surface area contributed by atoms with E-state index in [0.717, 1.165) is 48.6 Å². The minimum atomic E-state index is -0.363. The molecular formula is C23H25ClN4O2. The maximum absolute atomic E-state index is 13.1. The number of aryl methyl sites for hydroxylation is 2. The van der Waals surface area contributed by atoms with Gasteiger partial charge in [-0.25, -0.2) is 4.79 Å². The lowest BCUT2D eigenvalue weighted by molar-refractivity contribution is 0.533. The van der Waals surface area contributed by atoms with E-state index >= 15 is 0 Å². The van der Waals surface area contributed by atoms with Gasteiger partial charge in [-0.1, -0.05) is 23.7 Å². The van der Waals surface area contributed by atoms with E-state index in [1.807, 2.05) is 44.2 Å². The fourth-order valence-corrected chi connectivity index (χ4v) is 5.42. The summed E-state index contributed by atoms with van der Waals surface area (Å²) in [5.41, 5.74) is 3.96. The Kier molecular flexibility index (Phi) is 4.71. The second-order valence-electron chi connectivity index (χ2n) is 8.41. The minimum Gasteiger partial charge on any atom is -0.370 e. The minimum absolute atomic E-state index is 0.326. The van der Waals surface area contributed by atoms with Gasteiger partial charge in [0.15, 0.2) is 0 Å². The van der Waals surface area contributed by atoms with Crippen LogP contribution >= 0.6 is 11.6 Å². The van der Waals surface area contributed by atoms with E-state index in [1.165, 1.54) is 0 Å². The van der Waals surface area contributed by atoms with E-state index < -0.39 is 0 Å². The number of aromatic nitrogens is 2. The molecule has 0 spiro atoms. The Morgan fingerprint density at radius 2 is 1.87 bits per heavy atom. The van der Waals surface area contributed by atoms with Crippen LogP contribution in [0.4, 0.5) is 5.69 Å². The lowest BCUT2D eigenvalue weighted by atomic mass is 9.95. The second-order valence-corrected chi connectivity index (χ2v) is 8.84. The van der Waals surface area contributed by atoms with Gasteiger partial charge in [0.05, 0.1) is 16.6 Å². The highest BCUT2D eigenvalue weighted by molar-refractivity contribution is 6.31. The van der Waals surface area contributed by atoms with Gasteiger partial charge in [-0.2, -0.15) is 0 Å². The molecule has 1 aromatic heterocycles. The van der Waals surface area contributed by atoms with Crippen molar-refractivity contribution in [1.29, 1.82) is 0 Å². The van der Waals surface area contributed by atoms with Crippen LogP contribution in [-0.4, -0.2) is 35.7 Å². The highest BCUT2D eigenvalue weighted by Gasteiger charge is 2.38. The molecule has 3 heterocycles. The molecule has 0 bridgehead atoms. The van der Waals surface area contributed by atoms with Crippen LogP contribution in [0.2, 0.25) is 5.02 Å². The van der Waals surface area contributed by atoms with Crippen LogP contribution in [0.25, 0.3) is 22.0 Å². The Labute approximate surface area is 179 Å². The Morgan fingerprint density at radius 3 is 2.53 bits per heavy atom. The van der Waals surface area contributed by atoms with Crippen molar-refractivity contribution in [1.82, 2.24) is 14.9 Å². The van der Waals surface area contributed by atoms with Crippen molar-refractivity contribution >= 4 is 28.2 Å². The molecule has 7 heteroatoms. The van der Waals surface area contributed by atoms with Crippen molar-refractivity contribution in [3.8, 4) is 11.1 Å². The van der Waals surface area contributed by atoms with Gasteiger partial charge in [0.2, 0.25) is 0 Å². The largest absolute Gasteiger partial charge is 0.370 e. The summed E-state index contributed by atoms with van der Waals surface area (Å²) in [6, 6.07) is 9.74. The molecule has 2 aliphatic heterocycles. The predicted octanol–water partition coefficient (Wildman–Crippen LogP) is 2.99. The molecule has 5 rings (SSSR count). The van der Waals surface area contributed by atoms with E-state index in [9.17, 15) is 9.59 Å². The van der Waals surface area contributed by atoms with E-state index in [-0.39, 0.29) is 11.2 Å². The first-order chi connectivity index (χ1) is 14.5.